The van der Waals surface area contributed by atoms with E-state index in [0.29, 0.717) is 11.5 Å². The van der Waals surface area contributed by atoms with E-state index in [-0.39, 0.29) is 5.91 Å². The van der Waals surface area contributed by atoms with Crippen LogP contribution in [0.5, 0.6) is 0 Å². The fourth-order valence-electron chi connectivity index (χ4n) is 4.40. The summed E-state index contributed by atoms with van der Waals surface area (Å²) in [6, 6.07) is 17.5. The molecule has 0 aliphatic carbocycles. The smallest absolute Gasteiger partial charge is 0.258 e. The highest BCUT2D eigenvalue weighted by molar-refractivity contribution is 6.04. The molecule has 2 N–H and O–H groups in total. The molecule has 1 saturated heterocycles. The number of piperazine rings is 1. The van der Waals surface area contributed by atoms with E-state index < -0.39 is 0 Å². The van der Waals surface area contributed by atoms with Gasteiger partial charge in [0.25, 0.3) is 5.91 Å². The third kappa shape index (κ3) is 5.67. The molecular weight excluding hydrogens is 438 g/mol. The minimum absolute atomic E-state index is 0.192. The maximum Gasteiger partial charge on any atom is 0.258 e. The first-order chi connectivity index (χ1) is 17.2. The molecule has 4 aromatic rings. The molecule has 5 rings (SSSR count). The Morgan fingerprint density at radius 2 is 1.86 bits per heavy atom. The molecule has 3 heterocycles. The summed E-state index contributed by atoms with van der Waals surface area (Å²) in [6.45, 7) is 5.55. The summed E-state index contributed by atoms with van der Waals surface area (Å²) in [5.41, 5.74) is 4.39. The van der Waals surface area contributed by atoms with Crippen LogP contribution in [0.25, 0.3) is 16.8 Å². The molecule has 1 aliphatic heterocycles. The van der Waals surface area contributed by atoms with E-state index in [1.807, 2.05) is 71.6 Å². The van der Waals surface area contributed by atoms with Crippen molar-refractivity contribution in [3.05, 3.63) is 84.4 Å². The van der Waals surface area contributed by atoms with E-state index in [2.05, 4.69) is 32.4 Å². The number of rotatable bonds is 8. The largest absolute Gasteiger partial charge is 0.304 e. The van der Waals surface area contributed by atoms with Crippen LogP contribution in [0.3, 0.4) is 0 Å². The van der Waals surface area contributed by atoms with Gasteiger partial charge in [0.2, 0.25) is 5.95 Å². The van der Waals surface area contributed by atoms with Gasteiger partial charge >= 0.3 is 0 Å². The summed E-state index contributed by atoms with van der Waals surface area (Å²) < 4.78 is 1.96. The van der Waals surface area contributed by atoms with Crippen molar-refractivity contribution in [2.45, 2.75) is 12.8 Å². The van der Waals surface area contributed by atoms with Crippen molar-refractivity contribution in [1.82, 2.24) is 29.5 Å². The average molecular weight is 470 g/mol. The van der Waals surface area contributed by atoms with Crippen molar-refractivity contribution in [2.75, 3.05) is 45.1 Å². The van der Waals surface area contributed by atoms with Crippen LogP contribution in [0, 0.1) is 0 Å². The highest BCUT2D eigenvalue weighted by Gasteiger charge is 2.16. The number of carbonyl (C=O) groups excluding carboxylic acids is 1. The third-order valence-electron chi connectivity index (χ3n) is 6.47. The van der Waals surface area contributed by atoms with Gasteiger partial charge in [-0.15, -0.1) is 0 Å². The van der Waals surface area contributed by atoms with Crippen LogP contribution in [-0.2, 0) is 6.42 Å². The molecule has 35 heavy (non-hydrogen) atoms. The molecule has 0 atom stereocenters. The second kappa shape index (κ2) is 10.7. The molecule has 180 valence electrons. The molecule has 8 heteroatoms. The first kappa shape index (κ1) is 23.0. The van der Waals surface area contributed by atoms with E-state index in [1.54, 1.807) is 6.20 Å². The number of carbonyl (C=O) groups is 1. The molecule has 1 fully saturated rings. The molecule has 0 spiro atoms. The lowest BCUT2D eigenvalue weighted by Gasteiger charge is -2.32. The highest BCUT2D eigenvalue weighted by Crippen LogP contribution is 2.21. The molecule has 1 aliphatic rings. The second-order valence-corrected chi connectivity index (χ2v) is 9.03. The molecular formula is C27H31N7O. The Hall–Kier alpha value is -3.75. The zero-order chi connectivity index (χ0) is 24.0. The number of hydrogen-bond acceptors (Lipinski definition) is 5. The standard InChI is InChI=1S/C27H31N7O/c1-32-13-15-33(16-14-32)12-6-9-24-20-34(25-10-3-2-4-11-25)27(30-24)31-26(35)22-8-5-7-21(17-22)23-18-28-29-19-23/h2-5,7-8,10-11,17-20H,6,9,12-16H2,1H3,(H,28,29)(H,30,31,35). The maximum absolute atomic E-state index is 13.2. The van der Waals surface area contributed by atoms with Crippen LogP contribution in [0.4, 0.5) is 5.95 Å². The topological polar surface area (TPSA) is 82.1 Å². The third-order valence-corrected chi connectivity index (χ3v) is 6.47. The summed E-state index contributed by atoms with van der Waals surface area (Å²) >= 11 is 0. The number of anilines is 1. The number of likely N-dealkylation sites (N-methyl/N-ethyl adjacent to an activating group) is 1. The van der Waals surface area contributed by atoms with E-state index in [4.69, 9.17) is 4.98 Å². The predicted molar refractivity (Wildman–Crippen MR) is 138 cm³/mol. The van der Waals surface area contributed by atoms with Gasteiger partial charge in [-0.1, -0.05) is 30.3 Å². The molecule has 2 aromatic heterocycles. The second-order valence-electron chi connectivity index (χ2n) is 9.03. The Balaban J connectivity index is 1.31. The molecule has 0 unspecified atom stereocenters. The molecule has 2 aromatic carbocycles. The quantitative estimate of drug-likeness (QED) is 0.411. The van der Waals surface area contributed by atoms with Gasteiger partial charge in [-0.2, -0.15) is 5.10 Å². The Kier molecular flexibility index (Phi) is 7.02. The van der Waals surface area contributed by atoms with Crippen LogP contribution in [-0.4, -0.2) is 75.2 Å². The summed E-state index contributed by atoms with van der Waals surface area (Å²) in [7, 11) is 2.18. The van der Waals surface area contributed by atoms with E-state index in [9.17, 15) is 4.79 Å². The fraction of sp³-hybridized carbons (Fsp3) is 0.296. The minimum atomic E-state index is -0.192. The van der Waals surface area contributed by atoms with Crippen molar-refractivity contribution in [1.29, 1.82) is 0 Å². The fourth-order valence-corrected chi connectivity index (χ4v) is 4.40. The minimum Gasteiger partial charge on any atom is -0.304 e. The van der Waals surface area contributed by atoms with Gasteiger partial charge in [-0.3, -0.25) is 19.8 Å². The number of nitrogens with zero attached hydrogens (tertiary/aromatic N) is 5. The molecule has 1 amide bonds. The molecule has 0 saturated carbocycles. The number of aryl methyl sites for hydroxylation is 1. The number of imidazole rings is 1. The van der Waals surface area contributed by atoms with Gasteiger partial charge in [-0.25, -0.2) is 4.98 Å². The van der Waals surface area contributed by atoms with Crippen LogP contribution in [0.15, 0.2) is 73.2 Å². The van der Waals surface area contributed by atoms with Crippen molar-refractivity contribution in [3.8, 4) is 16.8 Å². The Labute approximate surface area is 205 Å². The summed E-state index contributed by atoms with van der Waals surface area (Å²) in [4.78, 5) is 22.9. The number of nitrogens with one attached hydrogen (secondary N) is 2. The van der Waals surface area contributed by atoms with Gasteiger partial charge in [-0.05, 0) is 56.3 Å². The number of H-pyrrole nitrogens is 1. The first-order valence-electron chi connectivity index (χ1n) is 12.1. The SMILES string of the molecule is CN1CCN(CCCc2cn(-c3ccccc3)c(NC(=O)c3cccc(-c4cn[nH]c4)c3)n2)CC1. The zero-order valence-corrected chi connectivity index (χ0v) is 20.0. The van der Waals surface area contributed by atoms with Crippen molar-refractivity contribution >= 4 is 11.9 Å². The number of hydrogen-bond donors (Lipinski definition) is 2. The number of aromatic nitrogens is 4. The van der Waals surface area contributed by atoms with Gasteiger partial charge in [0, 0.05) is 55.4 Å². The van der Waals surface area contributed by atoms with Crippen LogP contribution in [0.2, 0.25) is 0 Å². The van der Waals surface area contributed by atoms with Gasteiger partial charge in [0.1, 0.15) is 0 Å². The van der Waals surface area contributed by atoms with Crippen molar-refractivity contribution in [2.24, 2.45) is 0 Å². The van der Waals surface area contributed by atoms with Gasteiger partial charge in [0.15, 0.2) is 0 Å². The number of benzene rings is 2. The number of amides is 1. The lowest BCUT2D eigenvalue weighted by atomic mass is 10.1. The lowest BCUT2D eigenvalue weighted by molar-refractivity contribution is 0.102. The van der Waals surface area contributed by atoms with Gasteiger partial charge < -0.3 is 9.80 Å². The van der Waals surface area contributed by atoms with Crippen molar-refractivity contribution in [3.63, 3.8) is 0 Å². The predicted octanol–water partition coefficient (Wildman–Crippen LogP) is 3.69. The summed E-state index contributed by atoms with van der Waals surface area (Å²) in [5.74, 6) is 0.339. The zero-order valence-electron chi connectivity index (χ0n) is 20.0. The van der Waals surface area contributed by atoms with E-state index in [1.165, 1.54) is 0 Å². The average Bonchev–Trinajstić information content (AvgIpc) is 3.57. The molecule has 0 bridgehead atoms. The Morgan fingerprint density at radius 3 is 2.63 bits per heavy atom. The molecule has 0 radical (unpaired) electrons. The lowest BCUT2D eigenvalue weighted by Crippen LogP contribution is -2.44. The monoisotopic (exact) mass is 469 g/mol. The van der Waals surface area contributed by atoms with Crippen molar-refractivity contribution < 1.29 is 4.79 Å². The van der Waals surface area contributed by atoms with Crippen LogP contribution in [0.1, 0.15) is 22.5 Å². The summed E-state index contributed by atoms with van der Waals surface area (Å²) in [5, 5.41) is 9.85. The Morgan fingerprint density at radius 1 is 1.03 bits per heavy atom. The van der Waals surface area contributed by atoms with Crippen LogP contribution < -0.4 is 5.32 Å². The maximum atomic E-state index is 13.2. The van der Waals surface area contributed by atoms with Gasteiger partial charge in [0.05, 0.1) is 11.9 Å². The summed E-state index contributed by atoms with van der Waals surface area (Å²) in [6.07, 6.45) is 7.50. The van der Waals surface area contributed by atoms with E-state index in [0.717, 1.165) is 68.1 Å². The first-order valence-corrected chi connectivity index (χ1v) is 12.1. The van der Waals surface area contributed by atoms with E-state index >= 15 is 0 Å². The normalized spacial score (nSPS) is 14.8. The Bertz CT molecular complexity index is 1240. The number of para-hydroxylation sites is 1. The van der Waals surface area contributed by atoms with Crippen LogP contribution >= 0.6 is 0 Å². The molecule has 8 nitrogen and oxygen atoms in total. The number of aromatic amines is 1. The highest BCUT2D eigenvalue weighted by atomic mass is 16.1.